The molecule has 0 bridgehead atoms. The van der Waals surface area contributed by atoms with E-state index in [4.69, 9.17) is 45.8 Å². The number of nitrogens with one attached hydrogen (secondary N) is 3. The highest BCUT2D eigenvalue weighted by atomic mass is 32.2. The number of likely N-dealkylation sites (tertiary alicyclic amines) is 1. The van der Waals surface area contributed by atoms with E-state index in [2.05, 4.69) is 9.62 Å². The molecule has 4 rings (SSSR count). The first-order valence-electron chi connectivity index (χ1n) is 15.4. The highest BCUT2D eigenvalue weighted by molar-refractivity contribution is 7.89. The molecule has 20 heteroatoms. The lowest BCUT2D eigenvalue weighted by Crippen LogP contribution is -2.40. The maximum Gasteiger partial charge on any atom is 0.490 e. The molecule has 1 aliphatic rings. The Labute approximate surface area is 300 Å². The number of nitrogens with two attached hydrogens (primary N) is 1. The van der Waals surface area contributed by atoms with Crippen LogP contribution in [0.3, 0.4) is 0 Å². The summed E-state index contributed by atoms with van der Waals surface area (Å²) in [5.74, 6) is -3.73. The summed E-state index contributed by atoms with van der Waals surface area (Å²) in [5, 5.41) is 29.7. The summed E-state index contributed by atoms with van der Waals surface area (Å²) in [6.45, 7) is 3.52. The van der Waals surface area contributed by atoms with Crippen LogP contribution in [0, 0.1) is 10.8 Å². The molecule has 290 valence electrons. The third kappa shape index (κ3) is 15.8. The van der Waals surface area contributed by atoms with Gasteiger partial charge in [-0.05, 0) is 55.3 Å². The molecule has 0 amide bonds. The van der Waals surface area contributed by atoms with Crippen molar-refractivity contribution in [3.8, 4) is 11.5 Å². The van der Waals surface area contributed by atoms with Gasteiger partial charge in [0.25, 0.3) is 0 Å². The molecule has 0 saturated carbocycles. The van der Waals surface area contributed by atoms with Crippen molar-refractivity contribution in [1.29, 1.82) is 10.8 Å². The maximum atomic E-state index is 13.1. The van der Waals surface area contributed by atoms with Gasteiger partial charge in [-0.3, -0.25) is 10.8 Å². The molecule has 1 atom stereocenters. The fourth-order valence-electron chi connectivity index (χ4n) is 4.46. The number of alkyl halides is 6. The Morgan fingerprint density at radius 2 is 1.42 bits per heavy atom. The zero-order valence-corrected chi connectivity index (χ0v) is 28.8. The fourth-order valence-corrected chi connectivity index (χ4v) is 5.70. The van der Waals surface area contributed by atoms with E-state index in [-0.39, 0.29) is 23.4 Å². The minimum absolute atomic E-state index is 0.0699. The Morgan fingerprint density at radius 3 is 1.89 bits per heavy atom. The number of halogens is 6. The van der Waals surface area contributed by atoms with Gasteiger partial charge in [0.15, 0.2) is 0 Å². The van der Waals surface area contributed by atoms with E-state index in [9.17, 15) is 34.8 Å². The van der Waals surface area contributed by atoms with Crippen molar-refractivity contribution in [2.45, 2.75) is 55.6 Å². The number of carboxylic acids is 2. The summed E-state index contributed by atoms with van der Waals surface area (Å²) in [6, 6.07) is 22.2. The number of piperidine rings is 1. The van der Waals surface area contributed by atoms with Crippen LogP contribution in [0.4, 0.5) is 26.3 Å². The summed E-state index contributed by atoms with van der Waals surface area (Å²) in [7, 11) is -3.77. The van der Waals surface area contributed by atoms with Crippen molar-refractivity contribution in [1.82, 2.24) is 9.62 Å². The largest absolute Gasteiger partial charge is 0.492 e. The topological polar surface area (TPSA) is 216 Å². The number of carboxylic acid groups (broad SMARTS) is 2. The van der Waals surface area contributed by atoms with E-state index in [1.807, 2.05) is 24.3 Å². The lowest BCUT2D eigenvalue weighted by atomic mass is 10.1. The fraction of sp³-hybridized carbons (Fsp3) is 0.333. The van der Waals surface area contributed by atoms with Gasteiger partial charge in [-0.15, -0.1) is 0 Å². The molecule has 1 aliphatic heterocycles. The molecule has 0 spiro atoms. The molecule has 1 fully saturated rings. The van der Waals surface area contributed by atoms with E-state index in [0.29, 0.717) is 23.6 Å². The molecule has 3 aromatic rings. The van der Waals surface area contributed by atoms with Gasteiger partial charge in [0.2, 0.25) is 10.0 Å². The number of rotatable bonds is 11. The van der Waals surface area contributed by atoms with Crippen LogP contribution in [0.1, 0.15) is 30.9 Å². The highest BCUT2D eigenvalue weighted by Crippen LogP contribution is 2.22. The standard InChI is InChI=1S/C29H35N5O4S.2C2HF3O2/c1-21(30)34-16-14-26(15-17-34)38-25-12-10-22(11-13-25)18-24(33-39(35,36)28-8-3-2-4-9-28)20-37-27-7-5-6-23(19-27)29(31)32;2*3-2(4,5)1(6)7/h2-13,19,24,26,30,33H,14-18,20H2,1H3,(H3,31,32);2*(H,6,7)/t24-;;/m0../s1. The van der Waals surface area contributed by atoms with E-state index >= 15 is 0 Å². The van der Waals surface area contributed by atoms with Gasteiger partial charge >= 0.3 is 24.3 Å². The monoisotopic (exact) mass is 777 g/mol. The number of carbonyl (C=O) groups is 2. The molecule has 0 unspecified atom stereocenters. The average Bonchev–Trinajstić information content (AvgIpc) is 3.08. The quantitative estimate of drug-likeness (QED) is 0.0866. The van der Waals surface area contributed by atoms with Crippen LogP contribution in [0.5, 0.6) is 11.5 Å². The normalized spacial score (nSPS) is 14.0. The van der Waals surface area contributed by atoms with Crippen molar-refractivity contribution in [2.24, 2.45) is 5.73 Å². The summed E-state index contributed by atoms with van der Waals surface area (Å²) in [6.07, 6.45) is -7.93. The number of nitrogens with zero attached hydrogens (tertiary/aromatic N) is 1. The van der Waals surface area contributed by atoms with Crippen LogP contribution in [0.15, 0.2) is 83.8 Å². The van der Waals surface area contributed by atoms with Gasteiger partial charge in [0.1, 0.15) is 30.0 Å². The Morgan fingerprint density at radius 1 is 0.887 bits per heavy atom. The zero-order chi connectivity index (χ0) is 40.0. The van der Waals surface area contributed by atoms with Gasteiger partial charge in [-0.25, -0.2) is 22.7 Å². The van der Waals surface area contributed by atoms with Crippen molar-refractivity contribution in [3.63, 3.8) is 0 Å². The number of aliphatic carboxylic acids is 2. The molecule has 13 nitrogen and oxygen atoms in total. The van der Waals surface area contributed by atoms with Crippen molar-refractivity contribution >= 4 is 33.6 Å². The van der Waals surface area contributed by atoms with Crippen LogP contribution in [0.2, 0.25) is 0 Å². The first-order valence-corrected chi connectivity index (χ1v) is 16.9. The smallest absolute Gasteiger partial charge is 0.490 e. The van der Waals surface area contributed by atoms with Crippen LogP contribution < -0.4 is 19.9 Å². The molecule has 3 aromatic carbocycles. The number of sulfonamides is 1. The zero-order valence-electron chi connectivity index (χ0n) is 27.9. The Hall–Kier alpha value is -5.37. The lowest BCUT2D eigenvalue weighted by Gasteiger charge is -2.32. The first-order chi connectivity index (χ1) is 24.6. The van der Waals surface area contributed by atoms with Crippen molar-refractivity contribution < 1.29 is 64.0 Å². The van der Waals surface area contributed by atoms with Crippen molar-refractivity contribution in [3.05, 3.63) is 90.0 Å². The molecule has 1 saturated heterocycles. The SMILES string of the molecule is CC(=N)N1CCC(Oc2ccc(C[C@@H](COc3cccc(C(=N)N)c3)NS(=O)(=O)c3ccccc3)cc2)CC1.O=C(O)C(F)(F)F.O=C(O)C(F)(F)F. The average molecular weight is 778 g/mol. The second-order valence-corrected chi connectivity index (χ2v) is 12.9. The molecular weight excluding hydrogens is 740 g/mol. The van der Waals surface area contributed by atoms with Gasteiger partial charge < -0.3 is 30.3 Å². The summed E-state index contributed by atoms with van der Waals surface area (Å²) >= 11 is 0. The minimum Gasteiger partial charge on any atom is -0.492 e. The van der Waals surface area contributed by atoms with Gasteiger partial charge in [0, 0.05) is 31.5 Å². The van der Waals surface area contributed by atoms with Crippen molar-refractivity contribution in [2.75, 3.05) is 19.7 Å². The third-order valence-electron chi connectivity index (χ3n) is 7.08. The molecule has 1 heterocycles. The first kappa shape index (κ1) is 43.8. The van der Waals surface area contributed by atoms with Crippen LogP contribution in [-0.4, -0.2) is 91.3 Å². The molecule has 0 radical (unpaired) electrons. The Bertz CT molecular complexity index is 1760. The summed E-state index contributed by atoms with van der Waals surface area (Å²) in [4.78, 5) is 20.0. The number of benzene rings is 3. The summed E-state index contributed by atoms with van der Waals surface area (Å²) in [5.41, 5.74) is 7.05. The van der Waals surface area contributed by atoms with Gasteiger partial charge in [-0.1, -0.05) is 42.5 Å². The van der Waals surface area contributed by atoms with Gasteiger partial charge in [0.05, 0.1) is 16.8 Å². The Kier molecular flexibility index (Phi) is 16.1. The molecule has 0 aliphatic carbocycles. The van der Waals surface area contributed by atoms with Gasteiger partial charge in [-0.2, -0.15) is 26.3 Å². The molecule has 7 N–H and O–H groups in total. The molecular formula is C33H37F6N5O8S. The van der Waals surface area contributed by atoms with E-state index in [0.717, 1.165) is 37.2 Å². The lowest BCUT2D eigenvalue weighted by molar-refractivity contribution is -0.193. The molecule has 0 aromatic heterocycles. The van der Waals surface area contributed by atoms with Crippen LogP contribution in [-0.2, 0) is 26.0 Å². The maximum absolute atomic E-state index is 13.1. The Balaban J connectivity index is 0.000000587. The second-order valence-electron chi connectivity index (χ2n) is 11.2. The third-order valence-corrected chi connectivity index (χ3v) is 8.62. The van der Waals surface area contributed by atoms with Crippen LogP contribution in [0.25, 0.3) is 0 Å². The van der Waals surface area contributed by atoms with Crippen LogP contribution >= 0.6 is 0 Å². The predicted molar refractivity (Wildman–Crippen MR) is 180 cm³/mol. The van der Waals surface area contributed by atoms with E-state index in [1.54, 1.807) is 61.5 Å². The number of hydrogen-bond acceptors (Lipinski definition) is 8. The summed E-state index contributed by atoms with van der Waals surface area (Å²) < 4.78 is 105. The van der Waals surface area contributed by atoms with E-state index in [1.165, 1.54) is 0 Å². The minimum atomic E-state index is -5.08. The van der Waals surface area contributed by atoms with E-state index < -0.39 is 40.4 Å². The highest BCUT2D eigenvalue weighted by Gasteiger charge is 2.39. The number of hydrogen-bond donors (Lipinski definition) is 6. The molecule has 53 heavy (non-hydrogen) atoms. The number of nitrogen functional groups attached to an aromatic ring is 1. The number of ether oxygens (including phenoxy) is 2. The second kappa shape index (κ2) is 19.5. The number of amidine groups is 2. The predicted octanol–water partition coefficient (Wildman–Crippen LogP) is 5.05.